The standard InChI is InChI=1S/C17H31NO3/c1-14(19)18-13-16(21)11-9-7-5-6-8-10-15(20)12-17(2,3)4/h5-13H2,1-4H3,(H,18,19). The van der Waals surface area contributed by atoms with E-state index in [1.807, 2.05) is 0 Å². The third-order valence-electron chi connectivity index (χ3n) is 3.17. The average molecular weight is 297 g/mol. The number of carbonyl (C=O) groups is 3. The lowest BCUT2D eigenvalue weighted by atomic mass is 9.88. The van der Waals surface area contributed by atoms with E-state index < -0.39 is 0 Å². The van der Waals surface area contributed by atoms with Crippen molar-refractivity contribution in [2.45, 2.75) is 79.1 Å². The van der Waals surface area contributed by atoms with Crippen molar-refractivity contribution in [1.82, 2.24) is 5.32 Å². The highest BCUT2D eigenvalue weighted by atomic mass is 16.2. The van der Waals surface area contributed by atoms with Crippen molar-refractivity contribution in [1.29, 1.82) is 0 Å². The Balaban J connectivity index is 3.42. The van der Waals surface area contributed by atoms with E-state index in [1.54, 1.807) is 0 Å². The molecule has 0 radical (unpaired) electrons. The van der Waals surface area contributed by atoms with Gasteiger partial charge in [-0.3, -0.25) is 14.4 Å². The molecule has 0 saturated heterocycles. The number of carbonyl (C=O) groups excluding carboxylic acids is 3. The Morgan fingerprint density at radius 1 is 0.810 bits per heavy atom. The highest BCUT2D eigenvalue weighted by Crippen LogP contribution is 2.20. The maximum absolute atomic E-state index is 11.7. The highest BCUT2D eigenvalue weighted by Gasteiger charge is 2.15. The first kappa shape index (κ1) is 19.8. The molecule has 1 amide bonds. The van der Waals surface area contributed by atoms with E-state index in [2.05, 4.69) is 26.1 Å². The molecule has 0 rings (SSSR count). The minimum atomic E-state index is -0.164. The van der Waals surface area contributed by atoms with Crippen molar-refractivity contribution in [3.8, 4) is 0 Å². The number of hydrogen-bond donors (Lipinski definition) is 1. The normalized spacial score (nSPS) is 11.2. The van der Waals surface area contributed by atoms with Crippen LogP contribution in [0, 0.1) is 5.41 Å². The quantitative estimate of drug-likeness (QED) is 0.594. The molecule has 0 heterocycles. The fourth-order valence-electron chi connectivity index (χ4n) is 2.17. The van der Waals surface area contributed by atoms with Gasteiger partial charge in [0.15, 0.2) is 5.78 Å². The predicted molar refractivity (Wildman–Crippen MR) is 85.1 cm³/mol. The summed E-state index contributed by atoms with van der Waals surface area (Å²) in [5, 5.41) is 2.51. The van der Waals surface area contributed by atoms with Gasteiger partial charge in [0.05, 0.1) is 6.54 Å². The van der Waals surface area contributed by atoms with E-state index in [0.717, 1.165) is 32.1 Å². The van der Waals surface area contributed by atoms with E-state index in [-0.39, 0.29) is 23.7 Å². The summed E-state index contributed by atoms with van der Waals surface area (Å²) in [6.07, 6.45) is 6.82. The molecule has 1 N–H and O–H groups in total. The first-order chi connectivity index (χ1) is 9.70. The van der Waals surface area contributed by atoms with E-state index in [9.17, 15) is 14.4 Å². The molecular formula is C17H31NO3. The summed E-state index contributed by atoms with van der Waals surface area (Å²) in [5.41, 5.74) is 0.0886. The van der Waals surface area contributed by atoms with Gasteiger partial charge >= 0.3 is 0 Å². The second-order valence-corrected chi connectivity index (χ2v) is 6.99. The van der Waals surface area contributed by atoms with Gasteiger partial charge in [0, 0.05) is 26.2 Å². The molecule has 0 saturated carbocycles. The van der Waals surface area contributed by atoms with Crippen LogP contribution in [0.25, 0.3) is 0 Å². The Morgan fingerprint density at radius 3 is 1.76 bits per heavy atom. The first-order valence-electron chi connectivity index (χ1n) is 7.98. The topological polar surface area (TPSA) is 63.2 Å². The number of amides is 1. The lowest BCUT2D eigenvalue weighted by Gasteiger charge is -2.16. The Labute approximate surface area is 129 Å². The molecule has 0 bridgehead atoms. The average Bonchev–Trinajstić information content (AvgIpc) is 2.33. The van der Waals surface area contributed by atoms with Crippen LogP contribution in [0.3, 0.4) is 0 Å². The summed E-state index contributed by atoms with van der Waals surface area (Å²) in [4.78, 5) is 33.7. The highest BCUT2D eigenvalue weighted by molar-refractivity contribution is 5.85. The lowest BCUT2D eigenvalue weighted by Crippen LogP contribution is -2.26. The van der Waals surface area contributed by atoms with Crippen LogP contribution in [0.4, 0.5) is 0 Å². The summed E-state index contributed by atoms with van der Waals surface area (Å²) in [7, 11) is 0. The van der Waals surface area contributed by atoms with Gasteiger partial charge in [-0.25, -0.2) is 0 Å². The molecule has 122 valence electrons. The van der Waals surface area contributed by atoms with Crippen molar-refractivity contribution < 1.29 is 14.4 Å². The van der Waals surface area contributed by atoms with Gasteiger partial charge in [-0.05, 0) is 18.3 Å². The third kappa shape index (κ3) is 15.0. The molecule has 0 unspecified atom stereocenters. The van der Waals surface area contributed by atoms with Crippen LogP contribution >= 0.6 is 0 Å². The van der Waals surface area contributed by atoms with Crippen LogP contribution in [-0.2, 0) is 14.4 Å². The summed E-state index contributed by atoms with van der Waals surface area (Å²) in [6.45, 7) is 7.82. The van der Waals surface area contributed by atoms with Gasteiger partial charge in [0.25, 0.3) is 0 Å². The van der Waals surface area contributed by atoms with Gasteiger partial charge in [-0.1, -0.05) is 40.0 Å². The third-order valence-corrected chi connectivity index (χ3v) is 3.17. The SMILES string of the molecule is CC(=O)NCC(=O)CCCCCCCC(=O)CC(C)(C)C. The Hall–Kier alpha value is -1.19. The van der Waals surface area contributed by atoms with E-state index >= 15 is 0 Å². The zero-order valence-electron chi connectivity index (χ0n) is 14.1. The summed E-state index contributed by atoms with van der Waals surface area (Å²) in [5.74, 6) is 0.279. The molecule has 0 aliphatic heterocycles. The Kier molecular flexibility index (Phi) is 9.93. The number of ketones is 2. The van der Waals surface area contributed by atoms with Crippen LogP contribution in [0.15, 0.2) is 0 Å². The zero-order valence-corrected chi connectivity index (χ0v) is 14.1. The van der Waals surface area contributed by atoms with Gasteiger partial charge in [0.2, 0.25) is 5.91 Å². The molecule has 0 aliphatic rings. The number of rotatable bonds is 11. The maximum Gasteiger partial charge on any atom is 0.217 e. The molecule has 0 atom stereocenters. The smallest absolute Gasteiger partial charge is 0.217 e. The van der Waals surface area contributed by atoms with Gasteiger partial charge in [0.1, 0.15) is 5.78 Å². The monoisotopic (exact) mass is 297 g/mol. The molecule has 0 aromatic carbocycles. The summed E-state index contributed by atoms with van der Waals surface area (Å²) >= 11 is 0. The molecular weight excluding hydrogens is 266 g/mol. The van der Waals surface area contributed by atoms with Crippen LogP contribution < -0.4 is 5.32 Å². The van der Waals surface area contributed by atoms with Gasteiger partial charge in [-0.15, -0.1) is 0 Å². The first-order valence-corrected chi connectivity index (χ1v) is 7.98. The summed E-state index contributed by atoms with van der Waals surface area (Å²) in [6, 6.07) is 0. The van der Waals surface area contributed by atoms with E-state index in [0.29, 0.717) is 25.0 Å². The van der Waals surface area contributed by atoms with Crippen molar-refractivity contribution in [3.05, 3.63) is 0 Å². The minimum absolute atomic E-state index is 0.0885. The largest absolute Gasteiger partial charge is 0.349 e. The molecule has 21 heavy (non-hydrogen) atoms. The number of Topliss-reactive ketones (excluding diaryl/α,β-unsaturated/α-hetero) is 2. The van der Waals surface area contributed by atoms with Crippen molar-refractivity contribution in [2.75, 3.05) is 6.54 Å². The summed E-state index contributed by atoms with van der Waals surface area (Å²) < 4.78 is 0. The number of hydrogen-bond acceptors (Lipinski definition) is 3. The van der Waals surface area contributed by atoms with Crippen molar-refractivity contribution in [2.24, 2.45) is 5.41 Å². The van der Waals surface area contributed by atoms with Gasteiger partial charge in [-0.2, -0.15) is 0 Å². The fraction of sp³-hybridized carbons (Fsp3) is 0.824. The molecule has 4 nitrogen and oxygen atoms in total. The number of nitrogens with one attached hydrogen (secondary N) is 1. The fourth-order valence-corrected chi connectivity index (χ4v) is 2.17. The molecule has 0 fully saturated rings. The van der Waals surface area contributed by atoms with Crippen LogP contribution in [0.5, 0.6) is 0 Å². The van der Waals surface area contributed by atoms with Crippen LogP contribution in [0.1, 0.15) is 79.1 Å². The van der Waals surface area contributed by atoms with Crippen molar-refractivity contribution in [3.63, 3.8) is 0 Å². The molecule has 0 spiro atoms. The second kappa shape index (κ2) is 10.5. The maximum atomic E-state index is 11.7. The van der Waals surface area contributed by atoms with E-state index in [4.69, 9.17) is 0 Å². The predicted octanol–water partition coefficient (Wildman–Crippen LogP) is 3.43. The van der Waals surface area contributed by atoms with Crippen molar-refractivity contribution >= 4 is 17.5 Å². The minimum Gasteiger partial charge on any atom is -0.349 e. The molecule has 0 aromatic heterocycles. The van der Waals surface area contributed by atoms with Crippen LogP contribution in [0.2, 0.25) is 0 Å². The Bertz CT molecular complexity index is 342. The van der Waals surface area contributed by atoms with Gasteiger partial charge < -0.3 is 5.32 Å². The molecule has 4 heteroatoms. The molecule has 0 aromatic rings. The van der Waals surface area contributed by atoms with E-state index in [1.165, 1.54) is 6.92 Å². The molecule has 0 aliphatic carbocycles. The Morgan fingerprint density at radius 2 is 1.29 bits per heavy atom. The number of unbranched alkanes of at least 4 members (excludes halogenated alkanes) is 4. The zero-order chi connectivity index (χ0) is 16.3. The second-order valence-electron chi connectivity index (χ2n) is 6.99. The lowest BCUT2D eigenvalue weighted by molar-refractivity contribution is -0.124. The van der Waals surface area contributed by atoms with Crippen LogP contribution in [-0.4, -0.2) is 24.0 Å².